The van der Waals surface area contributed by atoms with E-state index in [4.69, 9.17) is 4.74 Å². The number of nitrogens with zero attached hydrogens (tertiary/aromatic N) is 3. The Kier molecular flexibility index (Phi) is 7.92. The highest BCUT2D eigenvalue weighted by Gasteiger charge is 2.40. The van der Waals surface area contributed by atoms with Crippen molar-refractivity contribution in [2.75, 3.05) is 39.4 Å². The van der Waals surface area contributed by atoms with Crippen LogP contribution in [0.5, 0.6) is 0 Å². The highest BCUT2D eigenvalue weighted by molar-refractivity contribution is 5.82. The van der Waals surface area contributed by atoms with Crippen LogP contribution < -0.4 is 5.32 Å². The summed E-state index contributed by atoms with van der Waals surface area (Å²) in [5, 5.41) is 3.18. The largest absolute Gasteiger partial charge is 0.381 e. The Balaban J connectivity index is 1.54. The number of piperidine rings is 1. The van der Waals surface area contributed by atoms with Crippen LogP contribution in [0.1, 0.15) is 50.5 Å². The van der Waals surface area contributed by atoms with E-state index in [9.17, 15) is 9.59 Å². The topological polar surface area (TPSA) is 74.8 Å². The van der Waals surface area contributed by atoms with E-state index >= 15 is 0 Å². The zero-order valence-corrected chi connectivity index (χ0v) is 18.5. The Morgan fingerprint density at radius 2 is 1.84 bits per heavy atom. The predicted octanol–water partition coefficient (Wildman–Crippen LogP) is 2.22. The van der Waals surface area contributed by atoms with Crippen LogP contribution in [0.2, 0.25) is 0 Å². The molecule has 1 aromatic heterocycles. The fourth-order valence-corrected chi connectivity index (χ4v) is 5.23. The minimum absolute atomic E-state index is 0.0452. The summed E-state index contributed by atoms with van der Waals surface area (Å²) in [5.74, 6) is 0.402. The van der Waals surface area contributed by atoms with E-state index in [1.165, 1.54) is 12.0 Å². The first kappa shape index (κ1) is 22.2. The molecule has 3 aliphatic heterocycles. The fourth-order valence-electron chi connectivity index (χ4n) is 5.23. The lowest BCUT2D eigenvalue weighted by molar-refractivity contribution is -0.144. The number of hydrogen-bond donors (Lipinski definition) is 1. The molecule has 0 aliphatic carbocycles. The molecule has 1 N–H and O–H groups in total. The smallest absolute Gasteiger partial charge is 0.225 e. The maximum atomic E-state index is 13.2. The van der Waals surface area contributed by atoms with Crippen molar-refractivity contribution in [1.29, 1.82) is 0 Å². The molecule has 0 aromatic carbocycles. The minimum Gasteiger partial charge on any atom is -0.381 e. The van der Waals surface area contributed by atoms with Crippen molar-refractivity contribution in [1.82, 2.24) is 20.1 Å². The van der Waals surface area contributed by atoms with E-state index in [1.807, 2.05) is 29.4 Å². The monoisotopic (exact) mass is 428 g/mol. The summed E-state index contributed by atoms with van der Waals surface area (Å²) in [6.45, 7) is 5.16. The first-order chi connectivity index (χ1) is 15.2. The van der Waals surface area contributed by atoms with Crippen molar-refractivity contribution in [3.63, 3.8) is 0 Å². The van der Waals surface area contributed by atoms with Gasteiger partial charge in [0, 0.05) is 63.7 Å². The van der Waals surface area contributed by atoms with Gasteiger partial charge in [0.1, 0.15) is 0 Å². The molecule has 1 aromatic rings. The zero-order chi connectivity index (χ0) is 21.5. The zero-order valence-electron chi connectivity index (χ0n) is 18.5. The molecule has 3 saturated heterocycles. The molecule has 3 fully saturated rings. The molecule has 4 heterocycles. The van der Waals surface area contributed by atoms with Crippen LogP contribution in [0.25, 0.3) is 0 Å². The van der Waals surface area contributed by atoms with Gasteiger partial charge in [0.15, 0.2) is 0 Å². The maximum absolute atomic E-state index is 13.2. The van der Waals surface area contributed by atoms with E-state index < -0.39 is 0 Å². The molecular weight excluding hydrogens is 392 g/mol. The van der Waals surface area contributed by atoms with E-state index in [0.29, 0.717) is 26.3 Å². The average molecular weight is 429 g/mol. The van der Waals surface area contributed by atoms with E-state index in [2.05, 4.69) is 15.2 Å². The lowest BCUT2D eigenvalue weighted by Gasteiger charge is -2.44. The van der Waals surface area contributed by atoms with Gasteiger partial charge in [0.25, 0.3) is 0 Å². The van der Waals surface area contributed by atoms with Gasteiger partial charge >= 0.3 is 0 Å². The molecule has 3 aliphatic rings. The molecule has 0 saturated carbocycles. The molecule has 0 bridgehead atoms. The number of likely N-dealkylation sites (tertiary alicyclic amines) is 1. The molecule has 0 radical (unpaired) electrons. The number of fused-ring (bicyclic) bond motifs is 1. The number of carbonyl (C=O) groups excluding carboxylic acids is 2. The second-order valence-electron chi connectivity index (χ2n) is 9.16. The van der Waals surface area contributed by atoms with Gasteiger partial charge in [-0.3, -0.25) is 19.5 Å². The third-order valence-electron chi connectivity index (χ3n) is 7.08. The number of carbonyl (C=O) groups is 2. The fraction of sp³-hybridized carbons (Fsp3) is 0.708. The van der Waals surface area contributed by atoms with Crippen molar-refractivity contribution in [2.45, 2.75) is 57.5 Å². The minimum atomic E-state index is -0.0707. The summed E-state index contributed by atoms with van der Waals surface area (Å²) in [5.41, 5.74) is 1.21. The lowest BCUT2D eigenvalue weighted by atomic mass is 9.87. The molecule has 2 atom stereocenters. The van der Waals surface area contributed by atoms with Gasteiger partial charge < -0.3 is 15.0 Å². The molecule has 31 heavy (non-hydrogen) atoms. The first-order valence-electron chi connectivity index (χ1n) is 12.0. The molecule has 170 valence electrons. The maximum Gasteiger partial charge on any atom is 0.225 e. The first-order valence-corrected chi connectivity index (χ1v) is 12.0. The third kappa shape index (κ3) is 5.83. The van der Waals surface area contributed by atoms with E-state index in [-0.39, 0.29) is 29.7 Å². The molecule has 2 unspecified atom stereocenters. The van der Waals surface area contributed by atoms with E-state index in [0.717, 1.165) is 58.2 Å². The van der Waals surface area contributed by atoms with Gasteiger partial charge in [-0.1, -0.05) is 12.8 Å². The van der Waals surface area contributed by atoms with Crippen LogP contribution >= 0.6 is 0 Å². The molecule has 2 amide bonds. The number of amides is 2. The highest BCUT2D eigenvalue weighted by atomic mass is 16.5. The standard InChI is InChI=1S/C24H36N4O3/c29-23-21-7-14-28(24(30)20-8-15-31-16-9-20)18-22(21)27(13-4-2-1-3-10-26-23)17-19-5-11-25-12-6-19/h5-6,11-12,20-22H,1-4,7-10,13-18H2,(H,26,29). The summed E-state index contributed by atoms with van der Waals surface area (Å²) in [6, 6.07) is 4.14. The lowest BCUT2D eigenvalue weighted by Crippen LogP contribution is -2.58. The van der Waals surface area contributed by atoms with Crippen molar-refractivity contribution in [3.05, 3.63) is 30.1 Å². The van der Waals surface area contributed by atoms with Crippen molar-refractivity contribution < 1.29 is 14.3 Å². The summed E-state index contributed by atoms with van der Waals surface area (Å²) in [4.78, 5) is 35.0. The molecule has 0 spiro atoms. The number of aromatic nitrogens is 1. The summed E-state index contributed by atoms with van der Waals surface area (Å²) in [7, 11) is 0. The third-order valence-corrected chi connectivity index (χ3v) is 7.08. The van der Waals surface area contributed by atoms with Crippen LogP contribution in [0.15, 0.2) is 24.5 Å². The van der Waals surface area contributed by atoms with Gasteiger partial charge in [-0.15, -0.1) is 0 Å². The SMILES string of the molecule is O=C1NCCCCCCN(Cc2ccncc2)C2CN(C(=O)C3CCOCC3)CCC12. The molecule has 7 heteroatoms. The number of hydrogen-bond acceptors (Lipinski definition) is 5. The number of ether oxygens (including phenoxy) is 1. The van der Waals surface area contributed by atoms with Gasteiger partial charge in [-0.05, 0) is 56.3 Å². The molecule has 7 nitrogen and oxygen atoms in total. The second kappa shape index (κ2) is 11.0. The Morgan fingerprint density at radius 1 is 1.06 bits per heavy atom. The van der Waals surface area contributed by atoms with Crippen LogP contribution in [0.4, 0.5) is 0 Å². The van der Waals surface area contributed by atoms with Gasteiger partial charge in [0.05, 0.1) is 5.92 Å². The number of pyridine rings is 1. The second-order valence-corrected chi connectivity index (χ2v) is 9.16. The molecule has 4 rings (SSSR count). The Morgan fingerprint density at radius 3 is 2.65 bits per heavy atom. The van der Waals surface area contributed by atoms with Crippen LogP contribution in [0, 0.1) is 11.8 Å². The van der Waals surface area contributed by atoms with Gasteiger partial charge in [-0.2, -0.15) is 0 Å². The van der Waals surface area contributed by atoms with Crippen LogP contribution in [0.3, 0.4) is 0 Å². The van der Waals surface area contributed by atoms with E-state index in [1.54, 1.807) is 0 Å². The normalized spacial score (nSPS) is 27.1. The predicted molar refractivity (Wildman–Crippen MR) is 118 cm³/mol. The van der Waals surface area contributed by atoms with Crippen LogP contribution in [-0.4, -0.2) is 72.0 Å². The van der Waals surface area contributed by atoms with Gasteiger partial charge in [-0.25, -0.2) is 0 Å². The summed E-state index contributed by atoms with van der Waals surface area (Å²) >= 11 is 0. The summed E-state index contributed by atoms with van der Waals surface area (Å²) < 4.78 is 5.45. The quantitative estimate of drug-likeness (QED) is 0.799. The average Bonchev–Trinajstić information content (AvgIpc) is 2.85. The Hall–Kier alpha value is -1.99. The Bertz CT molecular complexity index is 723. The van der Waals surface area contributed by atoms with Crippen molar-refractivity contribution >= 4 is 11.8 Å². The van der Waals surface area contributed by atoms with Gasteiger partial charge in [0.2, 0.25) is 11.8 Å². The van der Waals surface area contributed by atoms with Crippen molar-refractivity contribution in [3.8, 4) is 0 Å². The Labute approximate surface area is 185 Å². The summed E-state index contributed by atoms with van der Waals surface area (Å²) in [6.07, 6.45) is 10.5. The van der Waals surface area contributed by atoms with Crippen molar-refractivity contribution in [2.24, 2.45) is 11.8 Å². The number of nitrogens with one attached hydrogen (secondary N) is 1. The van der Waals surface area contributed by atoms with Crippen LogP contribution in [-0.2, 0) is 20.9 Å². The molecular formula is C24H36N4O3. The number of rotatable bonds is 3. The highest BCUT2D eigenvalue weighted by Crippen LogP contribution is 2.28.